The van der Waals surface area contributed by atoms with E-state index in [-0.39, 0.29) is 12.2 Å². The van der Waals surface area contributed by atoms with Crippen molar-refractivity contribution in [2.75, 3.05) is 13.1 Å². The van der Waals surface area contributed by atoms with E-state index in [0.29, 0.717) is 25.9 Å². The fourth-order valence-electron chi connectivity index (χ4n) is 4.50. The number of amides is 2. The van der Waals surface area contributed by atoms with Crippen molar-refractivity contribution in [2.24, 2.45) is 0 Å². The monoisotopic (exact) mass is 612 g/mol. The summed E-state index contributed by atoms with van der Waals surface area (Å²) in [6, 6.07) is 0. The van der Waals surface area contributed by atoms with E-state index >= 15 is 0 Å². The molecule has 0 bridgehead atoms. The SMILES string of the molecule is CC(C)(C)OC(=O)NCCCCCCCCCCCC(=O)OC(=O)CCCCCCCCCCCNC(=O)OC(C)(C)C. The van der Waals surface area contributed by atoms with E-state index in [1.54, 1.807) is 0 Å². The Kier molecular flexibility index (Phi) is 23.7. The van der Waals surface area contributed by atoms with E-state index in [1.807, 2.05) is 41.5 Å². The molecule has 0 spiro atoms. The molecule has 0 aliphatic heterocycles. The Bertz CT molecular complexity index is 695. The molecule has 0 radical (unpaired) electrons. The molecule has 0 aromatic carbocycles. The first kappa shape index (κ1) is 40.7. The molecule has 2 N–H and O–H groups in total. The van der Waals surface area contributed by atoms with Crippen LogP contribution in [0.5, 0.6) is 0 Å². The fraction of sp³-hybridized carbons (Fsp3) is 0.882. The summed E-state index contributed by atoms with van der Waals surface area (Å²) in [7, 11) is 0. The van der Waals surface area contributed by atoms with Crippen molar-refractivity contribution in [1.29, 1.82) is 0 Å². The summed E-state index contributed by atoms with van der Waals surface area (Å²) in [5.41, 5.74) is -0.922. The second kappa shape index (κ2) is 25.1. The number of carbonyl (C=O) groups excluding carboxylic acids is 4. The number of hydrogen-bond donors (Lipinski definition) is 2. The lowest BCUT2D eigenvalue weighted by molar-refractivity contribution is -0.159. The molecule has 252 valence electrons. The smallest absolute Gasteiger partial charge is 0.407 e. The van der Waals surface area contributed by atoms with Crippen LogP contribution in [0.25, 0.3) is 0 Å². The van der Waals surface area contributed by atoms with Gasteiger partial charge in [0.15, 0.2) is 0 Å². The molecule has 0 saturated heterocycles. The number of nitrogens with one attached hydrogen (secondary N) is 2. The van der Waals surface area contributed by atoms with E-state index in [1.165, 1.54) is 25.7 Å². The molecule has 0 rings (SSSR count). The highest BCUT2D eigenvalue weighted by molar-refractivity contribution is 5.85. The molecule has 0 aliphatic carbocycles. The summed E-state index contributed by atoms with van der Waals surface area (Å²) in [6.07, 6.45) is 19.0. The minimum Gasteiger partial charge on any atom is -0.444 e. The number of esters is 2. The summed E-state index contributed by atoms with van der Waals surface area (Å²) in [6.45, 7) is 12.4. The van der Waals surface area contributed by atoms with E-state index < -0.39 is 23.1 Å². The van der Waals surface area contributed by atoms with Gasteiger partial charge >= 0.3 is 24.1 Å². The molecule has 0 aromatic heterocycles. The second-order valence-electron chi connectivity index (χ2n) is 13.6. The van der Waals surface area contributed by atoms with Gasteiger partial charge in [0, 0.05) is 25.9 Å². The van der Waals surface area contributed by atoms with Gasteiger partial charge in [-0.25, -0.2) is 9.59 Å². The second-order valence-corrected chi connectivity index (χ2v) is 13.6. The zero-order valence-corrected chi connectivity index (χ0v) is 28.4. The molecule has 0 aliphatic rings. The first-order valence-corrected chi connectivity index (χ1v) is 17.0. The third-order valence-corrected chi connectivity index (χ3v) is 6.68. The Morgan fingerprint density at radius 2 is 0.674 bits per heavy atom. The molecule has 0 fully saturated rings. The lowest BCUT2D eigenvalue weighted by Gasteiger charge is -2.19. The van der Waals surface area contributed by atoms with Gasteiger partial charge in [-0.15, -0.1) is 0 Å². The number of carbonyl (C=O) groups is 4. The molecule has 0 aromatic rings. The highest BCUT2D eigenvalue weighted by atomic mass is 16.6. The Hall–Kier alpha value is -2.32. The lowest BCUT2D eigenvalue weighted by atomic mass is 10.1. The predicted octanol–water partition coefficient (Wildman–Crippen LogP) is 8.91. The molecule has 0 heterocycles. The van der Waals surface area contributed by atoms with Crippen molar-refractivity contribution in [1.82, 2.24) is 10.6 Å². The van der Waals surface area contributed by atoms with Crippen LogP contribution in [-0.2, 0) is 23.8 Å². The van der Waals surface area contributed by atoms with Crippen LogP contribution in [0.1, 0.15) is 170 Å². The summed E-state index contributed by atoms with van der Waals surface area (Å²) in [4.78, 5) is 47.0. The summed E-state index contributed by atoms with van der Waals surface area (Å²) in [5, 5.41) is 5.58. The molecule has 0 saturated carbocycles. The maximum Gasteiger partial charge on any atom is 0.407 e. The van der Waals surface area contributed by atoms with E-state index in [0.717, 1.165) is 89.9 Å². The van der Waals surface area contributed by atoms with Gasteiger partial charge in [0.1, 0.15) is 11.2 Å². The largest absolute Gasteiger partial charge is 0.444 e. The lowest BCUT2D eigenvalue weighted by Crippen LogP contribution is -2.32. The van der Waals surface area contributed by atoms with Crippen LogP contribution in [0.2, 0.25) is 0 Å². The first-order chi connectivity index (χ1) is 20.3. The van der Waals surface area contributed by atoms with Gasteiger partial charge in [0.2, 0.25) is 0 Å². The third kappa shape index (κ3) is 32.4. The van der Waals surface area contributed by atoms with Gasteiger partial charge in [0.05, 0.1) is 0 Å². The topological polar surface area (TPSA) is 120 Å². The van der Waals surface area contributed by atoms with Gasteiger partial charge in [0.25, 0.3) is 0 Å². The number of ether oxygens (including phenoxy) is 3. The standard InChI is InChI=1S/C34H64N2O7/c1-33(2,3)42-31(39)35-27-23-19-15-11-7-9-13-17-21-25-29(37)41-30(38)26-22-18-14-10-8-12-16-20-24-28-36-32(40)43-34(4,5)6/h7-28H2,1-6H3,(H,35,39)(H,36,40). The highest BCUT2D eigenvalue weighted by Crippen LogP contribution is 2.13. The van der Waals surface area contributed by atoms with Crippen molar-refractivity contribution in [2.45, 2.75) is 181 Å². The molecule has 9 nitrogen and oxygen atoms in total. The van der Waals surface area contributed by atoms with Crippen LogP contribution < -0.4 is 10.6 Å². The van der Waals surface area contributed by atoms with Crippen LogP contribution in [0.4, 0.5) is 9.59 Å². The number of unbranched alkanes of at least 4 members (excludes halogenated alkanes) is 16. The molecule has 2 amide bonds. The molecule has 9 heteroatoms. The van der Waals surface area contributed by atoms with Crippen molar-refractivity contribution >= 4 is 24.1 Å². The van der Waals surface area contributed by atoms with Crippen LogP contribution in [-0.4, -0.2) is 48.4 Å². The van der Waals surface area contributed by atoms with Crippen LogP contribution in [0.15, 0.2) is 0 Å². The first-order valence-electron chi connectivity index (χ1n) is 17.0. The number of rotatable bonds is 24. The van der Waals surface area contributed by atoms with Crippen LogP contribution >= 0.6 is 0 Å². The van der Waals surface area contributed by atoms with Crippen molar-refractivity contribution in [3.63, 3.8) is 0 Å². The Labute approximate surface area is 262 Å². The van der Waals surface area contributed by atoms with Gasteiger partial charge in [-0.1, -0.05) is 89.9 Å². The fourth-order valence-corrected chi connectivity index (χ4v) is 4.50. The maximum atomic E-state index is 11.9. The average Bonchev–Trinajstić information content (AvgIpc) is 2.87. The van der Waals surface area contributed by atoms with Gasteiger partial charge in [-0.05, 0) is 67.2 Å². The summed E-state index contributed by atoms with van der Waals surface area (Å²) in [5.74, 6) is -0.794. The quantitative estimate of drug-likeness (QED) is 0.0483. The Morgan fingerprint density at radius 1 is 0.419 bits per heavy atom. The maximum absolute atomic E-state index is 11.9. The molecule has 43 heavy (non-hydrogen) atoms. The zero-order chi connectivity index (χ0) is 32.4. The Balaban J connectivity index is 3.41. The highest BCUT2D eigenvalue weighted by Gasteiger charge is 2.16. The number of alkyl carbamates (subject to hydrolysis) is 2. The molecule has 0 unspecified atom stereocenters. The van der Waals surface area contributed by atoms with Crippen molar-refractivity contribution < 1.29 is 33.4 Å². The predicted molar refractivity (Wildman–Crippen MR) is 172 cm³/mol. The van der Waals surface area contributed by atoms with E-state index in [9.17, 15) is 19.2 Å². The van der Waals surface area contributed by atoms with Gasteiger partial charge in [-0.3, -0.25) is 9.59 Å². The van der Waals surface area contributed by atoms with E-state index in [2.05, 4.69) is 10.6 Å². The summed E-state index contributed by atoms with van der Waals surface area (Å²) < 4.78 is 15.4. The van der Waals surface area contributed by atoms with Crippen molar-refractivity contribution in [3.8, 4) is 0 Å². The Morgan fingerprint density at radius 3 is 0.953 bits per heavy atom. The summed E-state index contributed by atoms with van der Waals surface area (Å²) >= 11 is 0. The minimum absolute atomic E-state index is 0.313. The molecule has 0 atom stereocenters. The van der Waals surface area contributed by atoms with Crippen LogP contribution in [0, 0.1) is 0 Å². The third-order valence-electron chi connectivity index (χ3n) is 6.68. The average molecular weight is 613 g/mol. The zero-order valence-electron chi connectivity index (χ0n) is 28.4. The number of hydrogen-bond acceptors (Lipinski definition) is 7. The normalized spacial score (nSPS) is 11.6. The molecular formula is C34H64N2O7. The van der Waals surface area contributed by atoms with Crippen LogP contribution in [0.3, 0.4) is 0 Å². The van der Waals surface area contributed by atoms with Crippen molar-refractivity contribution in [3.05, 3.63) is 0 Å². The van der Waals surface area contributed by atoms with Gasteiger partial charge < -0.3 is 24.8 Å². The van der Waals surface area contributed by atoms with Gasteiger partial charge in [-0.2, -0.15) is 0 Å². The minimum atomic E-state index is -0.461. The van der Waals surface area contributed by atoms with E-state index in [4.69, 9.17) is 14.2 Å². The molecular weight excluding hydrogens is 548 g/mol.